The fourth-order valence-corrected chi connectivity index (χ4v) is 1.99. The molecule has 1 heterocycles. The lowest BCUT2D eigenvalue weighted by molar-refractivity contribution is 0.178. The summed E-state index contributed by atoms with van der Waals surface area (Å²) < 4.78 is 19.0. The lowest BCUT2D eigenvalue weighted by Crippen LogP contribution is -2.06. The Labute approximate surface area is 131 Å². The monoisotopic (exact) mass is 354 g/mol. The molecule has 0 saturated heterocycles. The van der Waals surface area contributed by atoms with E-state index in [4.69, 9.17) is 4.74 Å². The molecule has 5 nitrogen and oxygen atoms in total. The van der Waals surface area contributed by atoms with Crippen molar-refractivity contribution in [2.24, 2.45) is 0 Å². The molecule has 1 aromatic heterocycles. The van der Waals surface area contributed by atoms with E-state index >= 15 is 0 Å². The maximum absolute atomic E-state index is 13.5. The second kappa shape index (κ2) is 7.33. The summed E-state index contributed by atoms with van der Waals surface area (Å²) >= 11 is 3.12. The molecule has 0 saturated carbocycles. The van der Waals surface area contributed by atoms with E-state index in [0.717, 1.165) is 6.54 Å². The van der Waals surface area contributed by atoms with Gasteiger partial charge in [-0.2, -0.15) is 0 Å². The normalized spacial score (nSPS) is 10.5. The zero-order valence-electron chi connectivity index (χ0n) is 11.8. The number of hydrogen-bond acceptors (Lipinski definition) is 5. The molecule has 0 fully saturated rings. The van der Waals surface area contributed by atoms with Gasteiger partial charge in [-0.15, -0.1) is 0 Å². The topological polar surface area (TPSA) is 59.1 Å². The average Bonchev–Trinajstić information content (AvgIpc) is 2.43. The number of anilines is 3. The van der Waals surface area contributed by atoms with Crippen molar-refractivity contribution in [2.45, 2.75) is 13.5 Å². The first-order valence-corrected chi connectivity index (χ1v) is 7.24. The predicted octanol–water partition coefficient (Wildman–Crippen LogP) is 3.70. The summed E-state index contributed by atoms with van der Waals surface area (Å²) in [7, 11) is 1.58. The number of halogens is 2. The summed E-state index contributed by atoms with van der Waals surface area (Å²) in [6.07, 6.45) is 0. The highest BCUT2D eigenvalue weighted by atomic mass is 79.9. The van der Waals surface area contributed by atoms with Crippen LogP contribution in [0.2, 0.25) is 0 Å². The zero-order chi connectivity index (χ0) is 15.2. The Balaban J connectivity index is 2.26. The molecule has 7 heteroatoms. The summed E-state index contributed by atoms with van der Waals surface area (Å²) in [5.74, 6) is 1.49. The van der Waals surface area contributed by atoms with Gasteiger partial charge in [0.2, 0.25) is 0 Å². The smallest absolute Gasteiger partial charge is 0.158 e. The summed E-state index contributed by atoms with van der Waals surface area (Å²) in [6.45, 7) is 3.04. The van der Waals surface area contributed by atoms with Crippen LogP contribution in [0.1, 0.15) is 12.7 Å². The second-order valence-electron chi connectivity index (χ2n) is 4.27. The lowest BCUT2D eigenvalue weighted by atomic mass is 10.3. The molecule has 0 radical (unpaired) electrons. The number of nitrogens with zero attached hydrogens (tertiary/aromatic N) is 2. The Bertz CT molecular complexity index is 600. The largest absolute Gasteiger partial charge is 0.377 e. The first-order valence-electron chi connectivity index (χ1n) is 6.45. The molecule has 0 aliphatic carbocycles. The minimum Gasteiger partial charge on any atom is -0.377 e. The molecule has 0 unspecified atom stereocenters. The van der Waals surface area contributed by atoms with Gasteiger partial charge in [0.15, 0.2) is 5.82 Å². The van der Waals surface area contributed by atoms with Gasteiger partial charge in [-0.25, -0.2) is 14.4 Å². The van der Waals surface area contributed by atoms with Crippen LogP contribution < -0.4 is 10.6 Å². The number of hydrogen-bond donors (Lipinski definition) is 2. The van der Waals surface area contributed by atoms with Crippen molar-refractivity contribution in [2.75, 3.05) is 24.3 Å². The molecule has 0 amide bonds. The van der Waals surface area contributed by atoms with Crippen LogP contribution >= 0.6 is 15.9 Å². The number of ether oxygens (including phenoxy) is 1. The first-order chi connectivity index (χ1) is 10.1. The molecule has 2 rings (SSSR count). The van der Waals surface area contributed by atoms with E-state index in [1.165, 1.54) is 6.07 Å². The van der Waals surface area contributed by atoms with E-state index in [2.05, 4.69) is 36.5 Å². The van der Waals surface area contributed by atoms with Crippen LogP contribution in [-0.4, -0.2) is 23.6 Å². The maximum atomic E-state index is 13.5. The number of rotatable bonds is 6. The summed E-state index contributed by atoms with van der Waals surface area (Å²) in [4.78, 5) is 8.65. The number of benzene rings is 1. The van der Waals surface area contributed by atoms with Gasteiger partial charge in [-0.1, -0.05) is 0 Å². The maximum Gasteiger partial charge on any atom is 0.158 e. The minimum absolute atomic E-state index is 0.308. The molecule has 112 valence electrons. The molecule has 0 spiro atoms. The highest BCUT2D eigenvalue weighted by molar-refractivity contribution is 9.10. The van der Waals surface area contributed by atoms with Crippen molar-refractivity contribution in [3.8, 4) is 0 Å². The summed E-state index contributed by atoms with van der Waals surface area (Å²) in [5, 5.41) is 6.19. The Hall–Kier alpha value is -1.73. The molecule has 1 aromatic carbocycles. The summed E-state index contributed by atoms with van der Waals surface area (Å²) in [6, 6.07) is 6.57. The van der Waals surface area contributed by atoms with Crippen LogP contribution in [0.4, 0.5) is 21.7 Å². The van der Waals surface area contributed by atoms with Crippen LogP contribution in [-0.2, 0) is 11.3 Å². The van der Waals surface area contributed by atoms with Gasteiger partial charge in [-0.05, 0) is 41.1 Å². The lowest BCUT2D eigenvalue weighted by Gasteiger charge is -2.10. The van der Waals surface area contributed by atoms with Gasteiger partial charge in [-0.3, -0.25) is 0 Å². The van der Waals surface area contributed by atoms with E-state index < -0.39 is 0 Å². The SMILES string of the molecule is CCNc1cc(Nc2ccc(Br)c(F)c2)nc(COC)n1. The highest BCUT2D eigenvalue weighted by Crippen LogP contribution is 2.22. The third-order valence-electron chi connectivity index (χ3n) is 2.60. The van der Waals surface area contributed by atoms with Crippen LogP contribution in [0.3, 0.4) is 0 Å². The Kier molecular flexibility index (Phi) is 5.46. The molecule has 0 aliphatic rings. The third kappa shape index (κ3) is 4.37. The van der Waals surface area contributed by atoms with E-state index in [-0.39, 0.29) is 5.82 Å². The van der Waals surface area contributed by atoms with Crippen molar-refractivity contribution in [1.29, 1.82) is 0 Å². The molecule has 0 bridgehead atoms. The fraction of sp³-hybridized carbons (Fsp3) is 0.286. The average molecular weight is 355 g/mol. The van der Waals surface area contributed by atoms with Crippen molar-refractivity contribution in [1.82, 2.24) is 9.97 Å². The standard InChI is InChI=1S/C14H16BrFN4O/c1-3-17-12-7-13(20-14(19-12)8-21-2)18-9-4-5-10(15)11(16)6-9/h4-7H,3,8H2,1-2H3,(H2,17,18,19,20). The van der Waals surface area contributed by atoms with E-state index in [1.54, 1.807) is 25.3 Å². The first kappa shape index (κ1) is 15.7. The van der Waals surface area contributed by atoms with Crippen LogP contribution in [0.5, 0.6) is 0 Å². The molecule has 2 aromatic rings. The molecule has 2 N–H and O–H groups in total. The second-order valence-corrected chi connectivity index (χ2v) is 5.13. The third-order valence-corrected chi connectivity index (χ3v) is 3.24. The van der Waals surface area contributed by atoms with Crippen LogP contribution in [0.25, 0.3) is 0 Å². The Morgan fingerprint density at radius 3 is 2.67 bits per heavy atom. The number of aromatic nitrogens is 2. The van der Waals surface area contributed by atoms with Gasteiger partial charge in [0.25, 0.3) is 0 Å². The van der Waals surface area contributed by atoms with Gasteiger partial charge in [0, 0.05) is 25.4 Å². The molecule has 0 aliphatic heterocycles. The van der Waals surface area contributed by atoms with E-state index in [9.17, 15) is 4.39 Å². The molecular formula is C14H16BrFN4O. The summed E-state index contributed by atoms with van der Waals surface area (Å²) in [5.41, 5.74) is 0.611. The molecule has 0 atom stereocenters. The van der Waals surface area contributed by atoms with Crippen molar-refractivity contribution in [3.63, 3.8) is 0 Å². The van der Waals surface area contributed by atoms with Crippen molar-refractivity contribution in [3.05, 3.63) is 40.4 Å². The predicted molar refractivity (Wildman–Crippen MR) is 84.3 cm³/mol. The quantitative estimate of drug-likeness (QED) is 0.828. The number of methoxy groups -OCH3 is 1. The van der Waals surface area contributed by atoms with Crippen molar-refractivity contribution >= 4 is 33.3 Å². The van der Waals surface area contributed by atoms with E-state index in [1.807, 2.05) is 6.92 Å². The Morgan fingerprint density at radius 1 is 1.24 bits per heavy atom. The van der Waals surface area contributed by atoms with Gasteiger partial charge in [0.05, 0.1) is 4.47 Å². The minimum atomic E-state index is -0.335. The van der Waals surface area contributed by atoms with E-state index in [0.29, 0.717) is 34.2 Å². The van der Waals surface area contributed by atoms with Crippen molar-refractivity contribution < 1.29 is 9.13 Å². The fourth-order valence-electron chi connectivity index (χ4n) is 1.75. The molecule has 21 heavy (non-hydrogen) atoms. The zero-order valence-corrected chi connectivity index (χ0v) is 13.4. The van der Waals surface area contributed by atoms with Gasteiger partial charge in [0.1, 0.15) is 24.1 Å². The van der Waals surface area contributed by atoms with Crippen LogP contribution in [0.15, 0.2) is 28.7 Å². The van der Waals surface area contributed by atoms with Gasteiger partial charge < -0.3 is 15.4 Å². The Morgan fingerprint density at radius 2 is 2.00 bits per heavy atom. The number of nitrogens with one attached hydrogen (secondary N) is 2. The highest BCUT2D eigenvalue weighted by Gasteiger charge is 2.06. The van der Waals surface area contributed by atoms with Gasteiger partial charge >= 0.3 is 0 Å². The molecular weight excluding hydrogens is 339 g/mol. The van der Waals surface area contributed by atoms with Crippen LogP contribution in [0, 0.1) is 5.82 Å².